The fourth-order valence-electron chi connectivity index (χ4n) is 2.66. The maximum atomic E-state index is 6.22. The molecule has 0 bridgehead atoms. The van der Waals surface area contributed by atoms with Gasteiger partial charge in [0.1, 0.15) is 5.82 Å². The van der Waals surface area contributed by atoms with E-state index in [1.54, 1.807) is 12.1 Å². The quantitative estimate of drug-likeness (QED) is 0.414. The molecule has 0 atom stereocenters. The Bertz CT molecular complexity index is 799. The van der Waals surface area contributed by atoms with Gasteiger partial charge in [-0.2, -0.15) is 0 Å². The van der Waals surface area contributed by atoms with Crippen molar-refractivity contribution in [3.63, 3.8) is 0 Å². The first-order valence-corrected chi connectivity index (χ1v) is 7.50. The summed E-state index contributed by atoms with van der Waals surface area (Å²) in [6.07, 6.45) is 0. The van der Waals surface area contributed by atoms with E-state index < -0.39 is 0 Å². The number of hydrogen-bond acceptors (Lipinski definition) is 5. The molecule has 0 saturated heterocycles. The number of benzene rings is 2. The molecule has 23 heavy (non-hydrogen) atoms. The van der Waals surface area contributed by atoms with E-state index in [1.165, 1.54) is 0 Å². The lowest BCUT2D eigenvalue weighted by molar-refractivity contribution is 0.187. The first-order chi connectivity index (χ1) is 11.2. The third-order valence-electron chi connectivity index (χ3n) is 3.81. The topological polar surface area (TPSA) is 82.3 Å². The van der Waals surface area contributed by atoms with E-state index in [1.807, 2.05) is 42.5 Å². The Morgan fingerprint density at radius 3 is 2.65 bits per heavy atom. The van der Waals surface area contributed by atoms with Gasteiger partial charge in [-0.1, -0.05) is 24.3 Å². The highest BCUT2D eigenvalue weighted by molar-refractivity contribution is 5.76. The summed E-state index contributed by atoms with van der Waals surface area (Å²) in [6, 6.07) is 15.6. The minimum Gasteiger partial charge on any atom is -0.397 e. The Hall–Kier alpha value is -2.57. The van der Waals surface area contributed by atoms with Gasteiger partial charge in [0.25, 0.3) is 0 Å². The lowest BCUT2D eigenvalue weighted by Gasteiger charge is -2.20. The van der Waals surface area contributed by atoms with Crippen LogP contribution >= 0.6 is 0 Å². The Kier molecular flexibility index (Phi) is 4.45. The molecule has 0 aliphatic heterocycles. The number of nitrogens with zero attached hydrogens (tertiary/aromatic N) is 3. The number of anilines is 2. The molecular weight excluding hydrogens is 290 g/mol. The number of fused-ring (bicyclic) bond motifs is 1. The average Bonchev–Trinajstić information content (AvgIpc) is 2.90. The van der Waals surface area contributed by atoms with Crippen LogP contribution in [0.3, 0.4) is 0 Å². The molecule has 6 heteroatoms. The van der Waals surface area contributed by atoms with Crippen LogP contribution in [0, 0.1) is 0 Å². The number of ether oxygens (including phenoxy) is 1. The van der Waals surface area contributed by atoms with Crippen molar-refractivity contribution in [2.24, 2.45) is 5.84 Å². The van der Waals surface area contributed by atoms with E-state index in [0.29, 0.717) is 18.8 Å². The van der Waals surface area contributed by atoms with Gasteiger partial charge in [0, 0.05) is 13.7 Å². The van der Waals surface area contributed by atoms with Crippen LogP contribution in [0.15, 0.2) is 48.5 Å². The Morgan fingerprint density at radius 1 is 1.13 bits per heavy atom. The van der Waals surface area contributed by atoms with Gasteiger partial charge in [-0.05, 0) is 24.3 Å². The highest BCUT2D eigenvalue weighted by Gasteiger charge is 2.14. The van der Waals surface area contributed by atoms with Crippen LogP contribution < -0.4 is 16.6 Å². The normalized spacial score (nSPS) is 11.0. The van der Waals surface area contributed by atoms with E-state index in [-0.39, 0.29) is 0 Å². The largest absolute Gasteiger partial charge is 0.397 e. The van der Waals surface area contributed by atoms with Crippen molar-refractivity contribution in [1.82, 2.24) is 9.55 Å². The Labute approximate surface area is 135 Å². The molecule has 0 radical (unpaired) electrons. The number of para-hydroxylation sites is 4. The summed E-state index contributed by atoms with van der Waals surface area (Å²) in [4.78, 5) is 4.71. The van der Waals surface area contributed by atoms with Gasteiger partial charge in [0.2, 0.25) is 0 Å². The number of hydrogen-bond donors (Lipinski definition) is 2. The molecule has 120 valence electrons. The predicted molar refractivity (Wildman–Crippen MR) is 92.8 cm³/mol. The third kappa shape index (κ3) is 3.13. The van der Waals surface area contributed by atoms with Crippen molar-refractivity contribution in [3.05, 3.63) is 54.4 Å². The molecule has 4 N–H and O–H groups in total. The van der Waals surface area contributed by atoms with Crippen LogP contribution in [0.4, 0.5) is 11.4 Å². The number of imidazole rings is 1. The Morgan fingerprint density at radius 2 is 1.87 bits per heavy atom. The zero-order valence-corrected chi connectivity index (χ0v) is 13.1. The SMILES string of the molecule is COCCn1c(CN(N)c2ccccc2N)nc2ccccc21. The molecule has 0 aliphatic rings. The lowest BCUT2D eigenvalue weighted by Crippen LogP contribution is -2.32. The molecule has 0 aliphatic carbocycles. The van der Waals surface area contributed by atoms with E-state index in [2.05, 4.69) is 10.6 Å². The first-order valence-electron chi connectivity index (χ1n) is 7.50. The summed E-state index contributed by atoms with van der Waals surface area (Å²) < 4.78 is 7.35. The molecule has 0 spiro atoms. The highest BCUT2D eigenvalue weighted by Crippen LogP contribution is 2.23. The van der Waals surface area contributed by atoms with Crippen LogP contribution in [-0.4, -0.2) is 23.3 Å². The maximum Gasteiger partial charge on any atom is 0.131 e. The van der Waals surface area contributed by atoms with Crippen LogP contribution in [0.1, 0.15) is 5.82 Å². The summed E-state index contributed by atoms with van der Waals surface area (Å²) in [5.74, 6) is 7.10. The number of aromatic nitrogens is 2. The van der Waals surface area contributed by atoms with Gasteiger partial charge in [-0.3, -0.25) is 0 Å². The van der Waals surface area contributed by atoms with Crippen molar-refractivity contribution >= 4 is 22.4 Å². The molecule has 2 aromatic carbocycles. The monoisotopic (exact) mass is 311 g/mol. The standard InChI is InChI=1S/C17H21N5O/c1-23-11-10-21-16-9-5-3-7-14(16)20-17(21)12-22(19)15-8-4-2-6-13(15)18/h2-9H,10-12,18-19H2,1H3. The number of rotatable bonds is 6. The van der Waals surface area contributed by atoms with E-state index in [0.717, 1.165) is 29.1 Å². The van der Waals surface area contributed by atoms with Gasteiger partial charge in [-0.25, -0.2) is 10.8 Å². The molecular formula is C17H21N5O. The predicted octanol–water partition coefficient (Wildman–Crippen LogP) is 2.15. The number of nitrogens with two attached hydrogens (primary N) is 2. The molecule has 3 aromatic rings. The summed E-state index contributed by atoms with van der Waals surface area (Å²) in [7, 11) is 1.69. The highest BCUT2D eigenvalue weighted by atomic mass is 16.5. The van der Waals surface area contributed by atoms with E-state index >= 15 is 0 Å². The van der Waals surface area contributed by atoms with Gasteiger partial charge in [-0.15, -0.1) is 0 Å². The van der Waals surface area contributed by atoms with Crippen molar-refractivity contribution in [2.45, 2.75) is 13.1 Å². The molecule has 0 saturated carbocycles. The number of nitrogen functional groups attached to an aromatic ring is 1. The van der Waals surface area contributed by atoms with Crippen LogP contribution in [-0.2, 0) is 17.8 Å². The van der Waals surface area contributed by atoms with Gasteiger partial charge < -0.3 is 20.0 Å². The van der Waals surface area contributed by atoms with E-state index in [9.17, 15) is 0 Å². The molecule has 6 nitrogen and oxygen atoms in total. The molecule has 3 rings (SSSR count). The van der Waals surface area contributed by atoms with Crippen molar-refractivity contribution in [3.8, 4) is 0 Å². The fraction of sp³-hybridized carbons (Fsp3) is 0.235. The second kappa shape index (κ2) is 6.68. The second-order valence-corrected chi connectivity index (χ2v) is 5.35. The minimum absolute atomic E-state index is 0.465. The van der Waals surface area contributed by atoms with Gasteiger partial charge in [0.15, 0.2) is 0 Å². The smallest absolute Gasteiger partial charge is 0.131 e. The first kappa shape index (κ1) is 15.3. The third-order valence-corrected chi connectivity index (χ3v) is 3.81. The summed E-state index contributed by atoms with van der Waals surface area (Å²) in [5, 5.41) is 1.62. The lowest BCUT2D eigenvalue weighted by atomic mass is 10.2. The zero-order chi connectivity index (χ0) is 16.2. The number of methoxy groups -OCH3 is 1. The van der Waals surface area contributed by atoms with Crippen molar-refractivity contribution in [2.75, 3.05) is 24.5 Å². The van der Waals surface area contributed by atoms with Crippen LogP contribution in [0.5, 0.6) is 0 Å². The molecule has 0 unspecified atom stereocenters. The van der Waals surface area contributed by atoms with Crippen molar-refractivity contribution < 1.29 is 4.74 Å². The van der Waals surface area contributed by atoms with Gasteiger partial charge in [0.05, 0.1) is 35.6 Å². The molecule has 0 amide bonds. The van der Waals surface area contributed by atoms with E-state index in [4.69, 9.17) is 21.3 Å². The van der Waals surface area contributed by atoms with Crippen molar-refractivity contribution in [1.29, 1.82) is 0 Å². The summed E-state index contributed by atoms with van der Waals surface area (Å²) in [5.41, 5.74) is 9.47. The zero-order valence-electron chi connectivity index (χ0n) is 13.1. The maximum absolute atomic E-state index is 6.22. The molecule has 0 fully saturated rings. The Balaban J connectivity index is 1.94. The van der Waals surface area contributed by atoms with Crippen LogP contribution in [0.25, 0.3) is 11.0 Å². The molecule has 1 heterocycles. The molecule has 1 aromatic heterocycles. The van der Waals surface area contributed by atoms with Gasteiger partial charge >= 0.3 is 0 Å². The minimum atomic E-state index is 0.465. The second-order valence-electron chi connectivity index (χ2n) is 5.35. The fourth-order valence-corrected chi connectivity index (χ4v) is 2.66. The summed E-state index contributed by atoms with van der Waals surface area (Å²) in [6.45, 7) is 1.81. The summed E-state index contributed by atoms with van der Waals surface area (Å²) >= 11 is 0. The van der Waals surface area contributed by atoms with Crippen LogP contribution in [0.2, 0.25) is 0 Å². The average molecular weight is 311 g/mol. The number of hydrazine groups is 1.